The lowest BCUT2D eigenvalue weighted by Crippen LogP contribution is -2.28. The van der Waals surface area contributed by atoms with E-state index >= 15 is 0 Å². The molecule has 1 rings (SSSR count). The van der Waals surface area contributed by atoms with Gasteiger partial charge in [0.1, 0.15) is 5.75 Å². The van der Waals surface area contributed by atoms with Crippen LogP contribution in [-0.4, -0.2) is 37.7 Å². The molecule has 0 heterocycles. The predicted molar refractivity (Wildman–Crippen MR) is 87.5 cm³/mol. The van der Waals surface area contributed by atoms with Gasteiger partial charge < -0.3 is 20.7 Å². The first-order valence-corrected chi connectivity index (χ1v) is 7.50. The Hall–Kier alpha value is -1.42. The van der Waals surface area contributed by atoms with E-state index in [1.165, 1.54) is 0 Å². The van der Waals surface area contributed by atoms with Crippen LogP contribution in [-0.2, 0) is 0 Å². The van der Waals surface area contributed by atoms with E-state index in [1.54, 1.807) is 0 Å². The van der Waals surface area contributed by atoms with Gasteiger partial charge in [-0.15, -0.1) is 0 Å². The van der Waals surface area contributed by atoms with E-state index in [2.05, 4.69) is 38.0 Å². The second kappa shape index (κ2) is 8.69. The highest BCUT2D eigenvalue weighted by Gasteiger charge is 2.03. The predicted octanol–water partition coefficient (Wildman–Crippen LogP) is 3.20. The lowest BCUT2D eigenvalue weighted by Gasteiger charge is -2.21. The normalized spacial score (nSPS) is 11.1. The quantitative estimate of drug-likeness (QED) is 0.538. The standard InChI is InChI=1S/C16H29N3O/c1-5-9-20-16-11-14(17)10-15(12-16)18-7-6-8-19(4)13(2)3/h10-13,18H,5-9,17H2,1-4H3. The van der Waals surface area contributed by atoms with Gasteiger partial charge >= 0.3 is 0 Å². The molecule has 0 aliphatic heterocycles. The molecule has 0 aliphatic carbocycles. The summed E-state index contributed by atoms with van der Waals surface area (Å²) in [5.74, 6) is 0.841. The topological polar surface area (TPSA) is 50.5 Å². The van der Waals surface area contributed by atoms with Gasteiger partial charge in [0.05, 0.1) is 6.61 Å². The van der Waals surface area contributed by atoms with Crippen molar-refractivity contribution in [3.05, 3.63) is 18.2 Å². The molecular formula is C16H29N3O. The molecule has 0 unspecified atom stereocenters. The fourth-order valence-corrected chi connectivity index (χ4v) is 1.85. The highest BCUT2D eigenvalue weighted by Crippen LogP contribution is 2.22. The first kappa shape index (κ1) is 16.6. The molecular weight excluding hydrogens is 250 g/mol. The third-order valence-electron chi connectivity index (χ3n) is 3.30. The maximum absolute atomic E-state index is 5.90. The van der Waals surface area contributed by atoms with E-state index < -0.39 is 0 Å². The molecule has 0 amide bonds. The first-order chi connectivity index (χ1) is 9.52. The second-order valence-electron chi connectivity index (χ2n) is 5.49. The average molecular weight is 279 g/mol. The van der Waals surface area contributed by atoms with Gasteiger partial charge in [-0.3, -0.25) is 0 Å². The van der Waals surface area contributed by atoms with Gasteiger partial charge in [-0.05, 0) is 46.3 Å². The van der Waals surface area contributed by atoms with Crippen molar-refractivity contribution in [2.24, 2.45) is 0 Å². The minimum absolute atomic E-state index is 0.594. The minimum atomic E-state index is 0.594. The molecule has 0 radical (unpaired) electrons. The van der Waals surface area contributed by atoms with Crippen molar-refractivity contribution in [3.8, 4) is 5.75 Å². The molecule has 0 fully saturated rings. The number of nitrogens with one attached hydrogen (secondary N) is 1. The van der Waals surface area contributed by atoms with Crippen LogP contribution in [0.15, 0.2) is 18.2 Å². The molecule has 0 saturated heterocycles. The molecule has 0 aromatic heterocycles. The molecule has 114 valence electrons. The van der Waals surface area contributed by atoms with Gasteiger partial charge in [-0.2, -0.15) is 0 Å². The average Bonchev–Trinajstić information content (AvgIpc) is 2.40. The maximum Gasteiger partial charge on any atom is 0.123 e. The number of hydrogen-bond acceptors (Lipinski definition) is 4. The summed E-state index contributed by atoms with van der Waals surface area (Å²) in [6.07, 6.45) is 2.10. The summed E-state index contributed by atoms with van der Waals surface area (Å²) >= 11 is 0. The molecule has 1 aromatic carbocycles. The maximum atomic E-state index is 5.90. The number of rotatable bonds is 9. The lowest BCUT2D eigenvalue weighted by molar-refractivity contribution is 0.273. The lowest BCUT2D eigenvalue weighted by atomic mass is 10.2. The van der Waals surface area contributed by atoms with Crippen molar-refractivity contribution in [2.75, 3.05) is 37.8 Å². The Labute approximate surface area is 123 Å². The molecule has 0 saturated carbocycles. The molecule has 0 atom stereocenters. The molecule has 4 heteroatoms. The van der Waals surface area contributed by atoms with Crippen LogP contribution in [0.2, 0.25) is 0 Å². The molecule has 4 nitrogen and oxygen atoms in total. The summed E-state index contributed by atoms with van der Waals surface area (Å²) in [5.41, 5.74) is 7.66. The number of nitrogen functional groups attached to an aromatic ring is 1. The summed E-state index contributed by atoms with van der Waals surface area (Å²) in [4.78, 5) is 2.34. The Kier molecular flexibility index (Phi) is 7.23. The highest BCUT2D eigenvalue weighted by atomic mass is 16.5. The zero-order valence-electron chi connectivity index (χ0n) is 13.3. The van der Waals surface area contributed by atoms with Crippen molar-refractivity contribution in [1.29, 1.82) is 0 Å². The van der Waals surface area contributed by atoms with Crippen LogP contribution < -0.4 is 15.8 Å². The smallest absolute Gasteiger partial charge is 0.123 e. The van der Waals surface area contributed by atoms with Crippen LogP contribution >= 0.6 is 0 Å². The van der Waals surface area contributed by atoms with E-state index in [9.17, 15) is 0 Å². The van der Waals surface area contributed by atoms with Crippen molar-refractivity contribution in [2.45, 2.75) is 39.7 Å². The Balaban J connectivity index is 2.41. The number of nitrogens with two attached hydrogens (primary N) is 1. The molecule has 0 spiro atoms. The van der Waals surface area contributed by atoms with Crippen LogP contribution in [0, 0.1) is 0 Å². The Bertz CT molecular complexity index is 393. The largest absolute Gasteiger partial charge is 0.493 e. The zero-order chi connectivity index (χ0) is 15.0. The summed E-state index contributed by atoms with van der Waals surface area (Å²) in [7, 11) is 2.15. The van der Waals surface area contributed by atoms with Gasteiger partial charge in [0, 0.05) is 36.1 Å². The van der Waals surface area contributed by atoms with Gasteiger partial charge in [0.25, 0.3) is 0 Å². The van der Waals surface area contributed by atoms with E-state index in [4.69, 9.17) is 10.5 Å². The number of benzene rings is 1. The Morgan fingerprint density at radius 3 is 2.70 bits per heavy atom. The van der Waals surface area contributed by atoms with Gasteiger partial charge in [0.2, 0.25) is 0 Å². The van der Waals surface area contributed by atoms with E-state index in [1.807, 2.05) is 18.2 Å². The van der Waals surface area contributed by atoms with Gasteiger partial charge in [0.15, 0.2) is 0 Å². The van der Waals surface area contributed by atoms with Crippen molar-refractivity contribution in [1.82, 2.24) is 4.90 Å². The van der Waals surface area contributed by atoms with Crippen molar-refractivity contribution < 1.29 is 4.74 Å². The number of anilines is 2. The van der Waals surface area contributed by atoms with Gasteiger partial charge in [-0.1, -0.05) is 6.92 Å². The summed E-state index contributed by atoms with van der Waals surface area (Å²) in [5, 5.41) is 3.41. The number of nitrogens with zero attached hydrogens (tertiary/aromatic N) is 1. The van der Waals surface area contributed by atoms with E-state index in [-0.39, 0.29) is 0 Å². The van der Waals surface area contributed by atoms with Gasteiger partial charge in [-0.25, -0.2) is 0 Å². The Morgan fingerprint density at radius 1 is 1.30 bits per heavy atom. The SMILES string of the molecule is CCCOc1cc(N)cc(NCCCN(C)C(C)C)c1. The summed E-state index contributed by atoms with van der Waals surface area (Å²) in [6.45, 7) is 9.27. The van der Waals surface area contributed by atoms with E-state index in [0.717, 1.165) is 49.7 Å². The van der Waals surface area contributed by atoms with Crippen LogP contribution in [0.25, 0.3) is 0 Å². The van der Waals surface area contributed by atoms with E-state index in [0.29, 0.717) is 6.04 Å². The van der Waals surface area contributed by atoms with Crippen molar-refractivity contribution >= 4 is 11.4 Å². The third kappa shape index (κ3) is 6.15. The summed E-state index contributed by atoms with van der Waals surface area (Å²) < 4.78 is 5.62. The minimum Gasteiger partial charge on any atom is -0.493 e. The summed E-state index contributed by atoms with van der Waals surface area (Å²) in [6, 6.07) is 6.42. The highest BCUT2D eigenvalue weighted by molar-refractivity contribution is 5.59. The monoisotopic (exact) mass is 279 g/mol. The van der Waals surface area contributed by atoms with Crippen LogP contribution in [0.1, 0.15) is 33.6 Å². The number of ether oxygens (including phenoxy) is 1. The molecule has 1 aromatic rings. The molecule has 3 N–H and O–H groups in total. The molecule has 0 aliphatic rings. The number of hydrogen-bond donors (Lipinski definition) is 2. The van der Waals surface area contributed by atoms with Crippen LogP contribution in [0.4, 0.5) is 11.4 Å². The molecule has 0 bridgehead atoms. The van der Waals surface area contributed by atoms with Crippen molar-refractivity contribution in [3.63, 3.8) is 0 Å². The Morgan fingerprint density at radius 2 is 2.05 bits per heavy atom. The van der Waals surface area contributed by atoms with Crippen LogP contribution in [0.3, 0.4) is 0 Å². The molecule has 20 heavy (non-hydrogen) atoms. The first-order valence-electron chi connectivity index (χ1n) is 7.50. The second-order valence-corrected chi connectivity index (χ2v) is 5.49. The third-order valence-corrected chi connectivity index (χ3v) is 3.30. The zero-order valence-corrected chi connectivity index (χ0v) is 13.3. The fraction of sp³-hybridized carbons (Fsp3) is 0.625. The van der Waals surface area contributed by atoms with Crippen LogP contribution in [0.5, 0.6) is 5.75 Å². The fourth-order valence-electron chi connectivity index (χ4n) is 1.85.